The number of benzene rings is 3. The molecule has 0 radical (unpaired) electrons. The van der Waals surface area contributed by atoms with Crippen molar-refractivity contribution in [1.29, 1.82) is 5.41 Å². The Labute approximate surface area is 249 Å². The van der Waals surface area contributed by atoms with Crippen LogP contribution >= 0.6 is 0 Å². The van der Waals surface area contributed by atoms with Crippen LogP contribution in [0, 0.1) is 5.41 Å². The van der Waals surface area contributed by atoms with Crippen LogP contribution in [0.4, 0.5) is 12.0 Å². The van der Waals surface area contributed by atoms with Crippen molar-refractivity contribution in [2.75, 3.05) is 23.8 Å². The van der Waals surface area contributed by atoms with Gasteiger partial charge < -0.3 is 31.7 Å². The average molecular weight is 585 g/mol. The highest BCUT2D eigenvalue weighted by Crippen LogP contribution is 2.29. The number of hydrogen-bond acceptors (Lipinski definition) is 8. The number of primary amides is 1. The molecule has 12 nitrogen and oxygen atoms in total. The molecule has 43 heavy (non-hydrogen) atoms. The summed E-state index contributed by atoms with van der Waals surface area (Å²) >= 11 is 0. The number of aromatic nitrogens is 2. The number of nitrogens with one attached hydrogen (secondary N) is 1. The van der Waals surface area contributed by atoms with Gasteiger partial charge in [0.2, 0.25) is 11.8 Å². The van der Waals surface area contributed by atoms with Crippen molar-refractivity contribution in [2.24, 2.45) is 11.5 Å². The molecule has 12 heteroatoms. The van der Waals surface area contributed by atoms with Gasteiger partial charge in [0.1, 0.15) is 6.04 Å². The smallest absolute Gasteiger partial charge is 0.332 e. The van der Waals surface area contributed by atoms with Gasteiger partial charge in [0.25, 0.3) is 5.95 Å². The molecule has 0 saturated heterocycles. The summed E-state index contributed by atoms with van der Waals surface area (Å²) < 4.78 is 5.06. The molecule has 1 aromatic heterocycles. The maximum atomic E-state index is 14.6. The number of guanidine groups is 1. The molecule has 2 amide bonds. The second-order valence-electron chi connectivity index (χ2n) is 10.0. The standard InChI is InChI=1S/C31H36N8O4/c32-27(41)25(12-7-18-38(29(33)34)31-36-30(35)37-43-31)39(20-22-15-13-21(14-16-22)17-19-40)28(42)26(23-8-3-1-4-9-23)24-10-5-2-6-11-24/h1-6,8-11,13-16,25-26,40H,7,12,17-20H2,(H2,32,41)(H3,33,34)(H2,35,37)/t25-/m1/s1. The fourth-order valence-electron chi connectivity index (χ4n) is 4.96. The zero-order valence-corrected chi connectivity index (χ0v) is 23.7. The van der Waals surface area contributed by atoms with E-state index in [1.54, 1.807) is 0 Å². The molecule has 0 aliphatic heterocycles. The number of aliphatic hydroxyl groups excluding tert-OH is 1. The van der Waals surface area contributed by atoms with Crippen molar-refractivity contribution in [3.8, 4) is 0 Å². The van der Waals surface area contributed by atoms with E-state index in [1.165, 1.54) is 9.80 Å². The van der Waals surface area contributed by atoms with Crippen LogP contribution in [-0.4, -0.2) is 57.1 Å². The second kappa shape index (κ2) is 14.6. The number of nitrogen functional groups attached to an aromatic ring is 1. The number of rotatable bonds is 14. The van der Waals surface area contributed by atoms with Crippen molar-refractivity contribution in [3.05, 3.63) is 107 Å². The van der Waals surface area contributed by atoms with Crippen LogP contribution in [0.2, 0.25) is 0 Å². The van der Waals surface area contributed by atoms with Gasteiger partial charge in [0.15, 0.2) is 5.96 Å². The van der Waals surface area contributed by atoms with Crippen molar-refractivity contribution < 1.29 is 19.2 Å². The minimum absolute atomic E-state index is 0.0248. The Morgan fingerprint density at radius 1 is 0.907 bits per heavy atom. The van der Waals surface area contributed by atoms with E-state index in [2.05, 4.69) is 10.1 Å². The number of nitrogens with two attached hydrogens (primary N) is 3. The Kier molecular flexibility index (Phi) is 10.4. The molecular weight excluding hydrogens is 548 g/mol. The highest BCUT2D eigenvalue weighted by molar-refractivity contribution is 5.92. The SMILES string of the molecule is N=C(N)N(CCC[C@H](C(N)=O)N(Cc1ccc(CCO)cc1)C(=O)C(c1ccccc1)c1ccccc1)c1nc(N)no1. The fourth-order valence-corrected chi connectivity index (χ4v) is 4.96. The monoisotopic (exact) mass is 584 g/mol. The third-order valence-electron chi connectivity index (χ3n) is 7.09. The van der Waals surface area contributed by atoms with Gasteiger partial charge in [-0.05, 0) is 46.7 Å². The summed E-state index contributed by atoms with van der Waals surface area (Å²) in [6.45, 7) is 0.287. The van der Waals surface area contributed by atoms with Gasteiger partial charge in [-0.25, -0.2) is 0 Å². The molecule has 0 bridgehead atoms. The van der Waals surface area contributed by atoms with Crippen molar-refractivity contribution in [1.82, 2.24) is 15.0 Å². The molecule has 224 valence electrons. The molecule has 0 saturated carbocycles. The highest BCUT2D eigenvalue weighted by Gasteiger charge is 2.34. The van der Waals surface area contributed by atoms with Crippen molar-refractivity contribution in [3.63, 3.8) is 0 Å². The fraction of sp³-hybridized carbons (Fsp3) is 0.258. The molecule has 1 heterocycles. The minimum atomic E-state index is -0.985. The third kappa shape index (κ3) is 7.95. The predicted octanol–water partition coefficient (Wildman–Crippen LogP) is 2.38. The molecule has 0 unspecified atom stereocenters. The molecule has 0 aliphatic carbocycles. The summed E-state index contributed by atoms with van der Waals surface area (Å²) in [4.78, 5) is 34.3. The maximum absolute atomic E-state index is 14.6. The summed E-state index contributed by atoms with van der Waals surface area (Å²) in [6.07, 6.45) is 0.985. The lowest BCUT2D eigenvalue weighted by Gasteiger charge is -2.34. The highest BCUT2D eigenvalue weighted by atomic mass is 16.5. The topological polar surface area (TPSA) is 202 Å². The van der Waals surface area contributed by atoms with E-state index in [0.29, 0.717) is 12.8 Å². The second-order valence-corrected chi connectivity index (χ2v) is 10.0. The zero-order chi connectivity index (χ0) is 30.8. The number of aliphatic hydroxyl groups is 1. The molecule has 3 aromatic carbocycles. The number of anilines is 2. The average Bonchev–Trinajstić information content (AvgIpc) is 3.43. The van der Waals surface area contributed by atoms with Gasteiger partial charge >= 0.3 is 6.01 Å². The lowest BCUT2D eigenvalue weighted by atomic mass is 9.89. The summed E-state index contributed by atoms with van der Waals surface area (Å²) in [7, 11) is 0. The first-order valence-electron chi connectivity index (χ1n) is 13.9. The lowest BCUT2D eigenvalue weighted by molar-refractivity contribution is -0.141. The molecule has 0 aliphatic rings. The van der Waals surface area contributed by atoms with Gasteiger partial charge in [-0.15, -0.1) is 0 Å². The van der Waals surface area contributed by atoms with Crippen LogP contribution in [0.5, 0.6) is 0 Å². The first-order chi connectivity index (χ1) is 20.8. The number of carbonyl (C=O) groups is 2. The van der Waals surface area contributed by atoms with E-state index in [4.69, 9.17) is 27.1 Å². The molecular formula is C31H36N8O4. The molecule has 0 fully saturated rings. The van der Waals surface area contributed by atoms with Crippen molar-refractivity contribution in [2.45, 2.75) is 37.8 Å². The summed E-state index contributed by atoms with van der Waals surface area (Å²) in [5.41, 5.74) is 20.6. The Morgan fingerprint density at radius 3 is 1.98 bits per heavy atom. The number of carbonyl (C=O) groups excluding carboxylic acids is 2. The Hall–Kier alpha value is -5.23. The lowest BCUT2D eigenvalue weighted by Crippen LogP contribution is -2.49. The van der Waals surface area contributed by atoms with Crippen molar-refractivity contribution >= 4 is 29.7 Å². The van der Waals surface area contributed by atoms with Crippen LogP contribution in [0.15, 0.2) is 89.5 Å². The molecule has 0 spiro atoms. The molecule has 8 N–H and O–H groups in total. The first kappa shape index (κ1) is 30.7. The number of amides is 2. The van der Waals surface area contributed by atoms with Crippen LogP contribution in [-0.2, 0) is 22.6 Å². The van der Waals surface area contributed by atoms with Gasteiger partial charge in [-0.1, -0.05) is 84.9 Å². The van der Waals surface area contributed by atoms with E-state index >= 15 is 0 Å². The minimum Gasteiger partial charge on any atom is -0.396 e. The third-order valence-corrected chi connectivity index (χ3v) is 7.09. The van der Waals surface area contributed by atoms with Crippen LogP contribution in [0.1, 0.15) is 41.0 Å². The molecule has 1 atom stereocenters. The van der Waals surface area contributed by atoms with E-state index in [9.17, 15) is 14.7 Å². The zero-order valence-electron chi connectivity index (χ0n) is 23.7. The summed E-state index contributed by atoms with van der Waals surface area (Å²) in [5.74, 6) is -2.09. The van der Waals surface area contributed by atoms with E-state index in [1.807, 2.05) is 84.9 Å². The van der Waals surface area contributed by atoms with E-state index in [0.717, 1.165) is 22.3 Å². The molecule has 4 aromatic rings. The van der Waals surface area contributed by atoms with Gasteiger partial charge in [0, 0.05) is 19.7 Å². The predicted molar refractivity (Wildman–Crippen MR) is 163 cm³/mol. The van der Waals surface area contributed by atoms with Crippen LogP contribution < -0.4 is 22.1 Å². The summed E-state index contributed by atoms with van der Waals surface area (Å²) in [6, 6.07) is 25.3. The van der Waals surface area contributed by atoms with Crippen LogP contribution in [0.3, 0.4) is 0 Å². The van der Waals surface area contributed by atoms with Gasteiger partial charge in [-0.2, -0.15) is 4.98 Å². The first-order valence-corrected chi connectivity index (χ1v) is 13.9. The number of hydrogen-bond donors (Lipinski definition) is 5. The molecule has 4 rings (SSSR count). The normalized spacial score (nSPS) is 11.7. The number of nitrogens with zero attached hydrogens (tertiary/aromatic N) is 4. The summed E-state index contributed by atoms with van der Waals surface area (Å²) in [5, 5.41) is 20.8. The van der Waals surface area contributed by atoms with Gasteiger partial charge in [0.05, 0.1) is 5.92 Å². The van der Waals surface area contributed by atoms with Gasteiger partial charge in [-0.3, -0.25) is 19.9 Å². The largest absolute Gasteiger partial charge is 0.396 e. The van der Waals surface area contributed by atoms with E-state index < -0.39 is 17.9 Å². The maximum Gasteiger partial charge on any atom is 0.332 e. The Morgan fingerprint density at radius 2 is 1.49 bits per heavy atom. The van der Waals surface area contributed by atoms with Crippen LogP contribution in [0.25, 0.3) is 0 Å². The Balaban J connectivity index is 1.67. The quantitative estimate of drug-likeness (QED) is 0.109. The van der Waals surface area contributed by atoms with E-state index in [-0.39, 0.29) is 49.9 Å². The Bertz CT molecular complexity index is 1460.